The van der Waals surface area contributed by atoms with Gasteiger partial charge < -0.3 is 9.84 Å². The van der Waals surface area contributed by atoms with Gasteiger partial charge in [0.1, 0.15) is 5.75 Å². The number of hydrogen-bond acceptors (Lipinski definition) is 6. The number of nitrogens with zero attached hydrogens (tertiary/aromatic N) is 2. The van der Waals surface area contributed by atoms with E-state index in [0.717, 1.165) is 25.9 Å². The van der Waals surface area contributed by atoms with Crippen LogP contribution in [0.3, 0.4) is 0 Å². The van der Waals surface area contributed by atoms with E-state index < -0.39 is 9.84 Å². The highest BCUT2D eigenvalue weighted by molar-refractivity contribution is 7.89. The summed E-state index contributed by atoms with van der Waals surface area (Å²) >= 11 is 0. The molecular weight excluding hydrogens is 266 g/mol. The monoisotopic (exact) mass is 287 g/mol. The van der Waals surface area contributed by atoms with Crippen LogP contribution < -0.4 is 5.32 Å². The van der Waals surface area contributed by atoms with Crippen molar-refractivity contribution in [3.05, 3.63) is 11.7 Å². The van der Waals surface area contributed by atoms with E-state index in [0.29, 0.717) is 11.8 Å². The zero-order chi connectivity index (χ0) is 14.1. The van der Waals surface area contributed by atoms with Gasteiger partial charge in [-0.3, -0.25) is 0 Å². The van der Waals surface area contributed by atoms with Crippen LogP contribution in [0.5, 0.6) is 0 Å². The smallest absolute Gasteiger partial charge is 0.232 e. The van der Waals surface area contributed by atoms with Crippen LogP contribution in [0, 0.1) is 5.92 Å². The number of piperidine rings is 1. The highest BCUT2D eigenvalue weighted by Gasteiger charge is 2.37. The number of aromatic nitrogens is 2. The SMILES string of the molecule is CC(C)(c1nc(CS(C)(=O)=O)no1)C1CCCNC1. The van der Waals surface area contributed by atoms with E-state index in [9.17, 15) is 8.42 Å². The van der Waals surface area contributed by atoms with Gasteiger partial charge in [-0.1, -0.05) is 19.0 Å². The Hall–Kier alpha value is -0.950. The standard InChI is InChI=1S/C12H21N3O3S/c1-12(2,9-5-4-6-13-7-9)11-14-10(15-18-11)8-19(3,16)17/h9,13H,4-8H2,1-3H3. The Balaban J connectivity index is 2.16. The minimum absolute atomic E-state index is 0.171. The van der Waals surface area contributed by atoms with E-state index in [1.165, 1.54) is 6.26 Å². The van der Waals surface area contributed by atoms with Gasteiger partial charge in [0, 0.05) is 11.7 Å². The van der Waals surface area contributed by atoms with E-state index in [1.54, 1.807) is 0 Å². The molecule has 0 aromatic carbocycles. The molecule has 1 aliphatic rings. The zero-order valence-electron chi connectivity index (χ0n) is 11.6. The predicted octanol–water partition coefficient (Wildman–Crippen LogP) is 0.891. The second-order valence-corrected chi connectivity index (χ2v) is 7.99. The molecule has 0 radical (unpaired) electrons. The van der Waals surface area contributed by atoms with Crippen LogP contribution in [0.4, 0.5) is 0 Å². The second kappa shape index (κ2) is 5.20. The van der Waals surface area contributed by atoms with Crippen molar-refractivity contribution in [3.63, 3.8) is 0 Å². The quantitative estimate of drug-likeness (QED) is 0.885. The third-order valence-corrected chi connectivity index (χ3v) is 4.51. The van der Waals surface area contributed by atoms with Crippen LogP contribution in [-0.2, 0) is 21.0 Å². The molecule has 19 heavy (non-hydrogen) atoms. The van der Waals surface area contributed by atoms with E-state index >= 15 is 0 Å². The molecule has 1 atom stereocenters. The summed E-state index contributed by atoms with van der Waals surface area (Å²) in [6.07, 6.45) is 3.42. The normalized spacial score (nSPS) is 21.5. The average molecular weight is 287 g/mol. The van der Waals surface area contributed by atoms with Gasteiger partial charge in [0.25, 0.3) is 0 Å². The molecular formula is C12H21N3O3S. The van der Waals surface area contributed by atoms with E-state index in [4.69, 9.17) is 4.52 Å². The molecule has 1 aromatic heterocycles. The summed E-state index contributed by atoms with van der Waals surface area (Å²) in [5.41, 5.74) is -0.240. The molecule has 7 heteroatoms. The summed E-state index contributed by atoms with van der Waals surface area (Å²) in [6, 6.07) is 0. The maximum atomic E-state index is 11.2. The summed E-state index contributed by atoms with van der Waals surface area (Å²) in [7, 11) is -3.13. The van der Waals surface area contributed by atoms with E-state index in [1.807, 2.05) is 0 Å². The third-order valence-electron chi connectivity index (χ3n) is 3.73. The van der Waals surface area contributed by atoms with Crippen molar-refractivity contribution >= 4 is 9.84 Å². The van der Waals surface area contributed by atoms with Crippen LogP contribution in [0.25, 0.3) is 0 Å². The largest absolute Gasteiger partial charge is 0.339 e. The van der Waals surface area contributed by atoms with Crippen LogP contribution in [0.1, 0.15) is 38.4 Å². The maximum Gasteiger partial charge on any atom is 0.232 e. The summed E-state index contributed by atoms with van der Waals surface area (Å²) in [4.78, 5) is 4.26. The molecule has 1 unspecified atom stereocenters. The number of rotatable bonds is 4. The summed E-state index contributed by atoms with van der Waals surface area (Å²) in [6.45, 7) is 6.12. The first-order valence-corrected chi connectivity index (χ1v) is 8.56. The molecule has 108 valence electrons. The highest BCUT2D eigenvalue weighted by atomic mass is 32.2. The van der Waals surface area contributed by atoms with Crippen molar-refractivity contribution in [1.82, 2.24) is 15.5 Å². The lowest BCUT2D eigenvalue weighted by Gasteiger charge is -2.34. The van der Waals surface area contributed by atoms with E-state index in [2.05, 4.69) is 29.3 Å². The van der Waals surface area contributed by atoms with Crippen molar-refractivity contribution in [1.29, 1.82) is 0 Å². The van der Waals surface area contributed by atoms with Gasteiger partial charge in [0.2, 0.25) is 5.89 Å². The Morgan fingerprint density at radius 2 is 2.21 bits per heavy atom. The predicted molar refractivity (Wildman–Crippen MR) is 71.5 cm³/mol. The molecule has 2 heterocycles. The van der Waals surface area contributed by atoms with Crippen molar-refractivity contribution in [2.45, 2.75) is 37.9 Å². The minimum atomic E-state index is -3.13. The maximum absolute atomic E-state index is 11.2. The molecule has 1 aromatic rings. The van der Waals surface area contributed by atoms with Gasteiger partial charge >= 0.3 is 0 Å². The third kappa shape index (κ3) is 3.54. The molecule has 0 spiro atoms. The topological polar surface area (TPSA) is 85.1 Å². The molecule has 0 saturated carbocycles. The Morgan fingerprint density at radius 1 is 1.47 bits per heavy atom. The first-order chi connectivity index (χ1) is 8.79. The molecule has 1 saturated heterocycles. The molecule has 1 fully saturated rings. The Kier molecular flexibility index (Phi) is 3.96. The fourth-order valence-corrected chi connectivity index (χ4v) is 3.04. The summed E-state index contributed by atoms with van der Waals surface area (Å²) in [5, 5.41) is 7.15. The van der Waals surface area contributed by atoms with Crippen molar-refractivity contribution in [2.75, 3.05) is 19.3 Å². The van der Waals surface area contributed by atoms with Gasteiger partial charge in [-0.25, -0.2) is 8.42 Å². The first kappa shape index (κ1) is 14.5. The summed E-state index contributed by atoms with van der Waals surface area (Å²) in [5.74, 6) is 1.03. The lowest BCUT2D eigenvalue weighted by Crippen LogP contribution is -2.41. The minimum Gasteiger partial charge on any atom is -0.339 e. The number of sulfone groups is 1. The van der Waals surface area contributed by atoms with Crippen molar-refractivity contribution in [3.8, 4) is 0 Å². The Morgan fingerprint density at radius 3 is 2.79 bits per heavy atom. The number of nitrogens with one attached hydrogen (secondary N) is 1. The molecule has 1 N–H and O–H groups in total. The highest BCUT2D eigenvalue weighted by Crippen LogP contribution is 2.34. The Bertz CT molecular complexity index is 530. The van der Waals surface area contributed by atoms with Gasteiger partial charge in [0.05, 0.1) is 0 Å². The molecule has 1 aliphatic heterocycles. The Labute approximate surface area is 113 Å². The van der Waals surface area contributed by atoms with Gasteiger partial charge in [-0.2, -0.15) is 4.98 Å². The van der Waals surface area contributed by atoms with Crippen LogP contribution >= 0.6 is 0 Å². The van der Waals surface area contributed by atoms with Gasteiger partial charge in [-0.15, -0.1) is 0 Å². The molecule has 0 bridgehead atoms. The average Bonchev–Trinajstić information content (AvgIpc) is 2.77. The van der Waals surface area contributed by atoms with Gasteiger partial charge in [-0.05, 0) is 31.8 Å². The fraction of sp³-hybridized carbons (Fsp3) is 0.833. The molecule has 6 nitrogen and oxygen atoms in total. The second-order valence-electron chi connectivity index (χ2n) is 5.85. The van der Waals surface area contributed by atoms with E-state index in [-0.39, 0.29) is 17.0 Å². The molecule has 0 aliphatic carbocycles. The molecule has 0 amide bonds. The fourth-order valence-electron chi connectivity index (χ4n) is 2.45. The lowest BCUT2D eigenvalue weighted by molar-refractivity contribution is 0.196. The first-order valence-electron chi connectivity index (χ1n) is 6.50. The lowest BCUT2D eigenvalue weighted by atomic mass is 9.75. The zero-order valence-corrected chi connectivity index (χ0v) is 12.5. The number of hydrogen-bond donors (Lipinski definition) is 1. The van der Waals surface area contributed by atoms with Crippen LogP contribution in [0.15, 0.2) is 4.52 Å². The van der Waals surface area contributed by atoms with Crippen LogP contribution in [0.2, 0.25) is 0 Å². The van der Waals surface area contributed by atoms with Crippen molar-refractivity contribution in [2.24, 2.45) is 5.92 Å². The van der Waals surface area contributed by atoms with Crippen LogP contribution in [-0.4, -0.2) is 37.9 Å². The summed E-state index contributed by atoms with van der Waals surface area (Å²) < 4.78 is 27.7. The molecule has 2 rings (SSSR count). The van der Waals surface area contributed by atoms with Gasteiger partial charge in [0.15, 0.2) is 15.7 Å². The van der Waals surface area contributed by atoms with Crippen molar-refractivity contribution < 1.29 is 12.9 Å².